The average Bonchev–Trinajstić information content (AvgIpc) is 2.76. The third kappa shape index (κ3) is 2.69. The summed E-state index contributed by atoms with van der Waals surface area (Å²) in [6.07, 6.45) is 1.64. The molecule has 2 aliphatic heterocycles. The smallest absolute Gasteiger partial charge is 0.383 e. The first-order valence-corrected chi connectivity index (χ1v) is 5.56. The van der Waals surface area contributed by atoms with E-state index in [0.29, 0.717) is 6.42 Å². The van der Waals surface area contributed by atoms with Gasteiger partial charge >= 0.3 is 5.97 Å². The lowest BCUT2D eigenvalue weighted by Crippen LogP contribution is -2.56. The molecule has 0 aromatic carbocycles. The summed E-state index contributed by atoms with van der Waals surface area (Å²) in [6, 6.07) is -0.353. The van der Waals surface area contributed by atoms with Crippen LogP contribution in [0.5, 0.6) is 0 Å². The number of nitrogens with one attached hydrogen (secondary N) is 1. The summed E-state index contributed by atoms with van der Waals surface area (Å²) in [7, 11) is 0. The average molecular weight is 230 g/mol. The first kappa shape index (κ1) is 11.7. The van der Waals surface area contributed by atoms with Crippen molar-refractivity contribution < 1.29 is 14.4 Å². The number of carbonyl (C=O) groups excluding carboxylic acids is 1. The number of piperazine rings is 1. The number of nitrogens with zero attached hydrogens (tertiary/aromatic N) is 2. The summed E-state index contributed by atoms with van der Waals surface area (Å²) in [5, 5.41) is 26.6. The van der Waals surface area contributed by atoms with Crippen molar-refractivity contribution in [2.75, 3.05) is 32.7 Å². The third-order valence-electron chi connectivity index (χ3n) is 2.98. The van der Waals surface area contributed by atoms with E-state index in [1.165, 1.54) is 0 Å². The van der Waals surface area contributed by atoms with E-state index in [0.717, 1.165) is 18.0 Å². The van der Waals surface area contributed by atoms with Gasteiger partial charge in [0.15, 0.2) is 0 Å². The van der Waals surface area contributed by atoms with E-state index >= 15 is 0 Å². The number of hydroxylamine groups is 6. The third-order valence-corrected chi connectivity index (χ3v) is 2.98. The Labute approximate surface area is 93.7 Å². The molecule has 7 nitrogen and oxygen atoms in total. The molecule has 0 bridgehead atoms. The molecule has 7 heteroatoms. The van der Waals surface area contributed by atoms with Gasteiger partial charge in [-0.15, -0.1) is 0 Å². The van der Waals surface area contributed by atoms with E-state index in [4.69, 9.17) is 4.84 Å². The van der Waals surface area contributed by atoms with Gasteiger partial charge in [0.25, 0.3) is 0 Å². The van der Waals surface area contributed by atoms with Gasteiger partial charge in [-0.25, -0.2) is 4.79 Å². The van der Waals surface area contributed by atoms with Crippen molar-refractivity contribution >= 4 is 5.97 Å². The molecular weight excluding hydrogens is 214 g/mol. The Morgan fingerprint density at radius 2 is 2.12 bits per heavy atom. The Bertz CT molecular complexity index is 259. The van der Waals surface area contributed by atoms with Crippen LogP contribution in [0.4, 0.5) is 0 Å². The van der Waals surface area contributed by atoms with E-state index in [9.17, 15) is 15.2 Å². The van der Waals surface area contributed by atoms with Gasteiger partial charge < -0.3 is 20.8 Å². The van der Waals surface area contributed by atoms with E-state index in [2.05, 4.69) is 5.32 Å². The number of hydrogen-bond donors (Lipinski definition) is 1. The molecule has 2 fully saturated rings. The quantitative estimate of drug-likeness (QED) is 0.499. The van der Waals surface area contributed by atoms with E-state index in [1.807, 2.05) is 0 Å². The molecule has 2 rings (SSSR count). The minimum Gasteiger partial charge on any atom is -0.785 e. The fraction of sp³-hybridized carbons (Fsp3) is 0.889. The molecule has 0 radical (unpaired) electrons. The second kappa shape index (κ2) is 4.64. The highest BCUT2D eigenvalue weighted by atomic mass is 16.9. The maximum Gasteiger partial charge on any atom is 0.383 e. The predicted molar refractivity (Wildman–Crippen MR) is 55.4 cm³/mol. The lowest BCUT2D eigenvalue weighted by atomic mass is 10.2. The van der Waals surface area contributed by atoms with Crippen LogP contribution in [-0.4, -0.2) is 54.6 Å². The second-order valence-electron chi connectivity index (χ2n) is 4.25. The van der Waals surface area contributed by atoms with Gasteiger partial charge in [0, 0.05) is 13.1 Å². The van der Waals surface area contributed by atoms with Crippen molar-refractivity contribution in [2.45, 2.75) is 18.9 Å². The van der Waals surface area contributed by atoms with Crippen LogP contribution in [0, 0.1) is 10.4 Å². The molecule has 0 saturated carbocycles. The Morgan fingerprint density at radius 3 is 2.69 bits per heavy atom. The predicted octanol–water partition coefficient (Wildman–Crippen LogP) is -0.675. The largest absolute Gasteiger partial charge is 0.785 e. The Kier molecular flexibility index (Phi) is 3.41. The van der Waals surface area contributed by atoms with Gasteiger partial charge in [0.2, 0.25) is 0 Å². The van der Waals surface area contributed by atoms with E-state index in [-0.39, 0.29) is 32.2 Å². The van der Waals surface area contributed by atoms with Crippen LogP contribution in [0.1, 0.15) is 12.8 Å². The molecule has 0 spiro atoms. The lowest BCUT2D eigenvalue weighted by Gasteiger charge is -2.46. The topological polar surface area (TPSA) is 87.7 Å². The number of hydrogen-bond acceptors (Lipinski definition) is 6. The Hall–Kier alpha value is -0.730. The zero-order chi connectivity index (χ0) is 11.6. The number of rotatable bonds is 2. The molecular formula is C9H16N3O4-. The van der Waals surface area contributed by atoms with Gasteiger partial charge in [-0.2, -0.15) is 4.81 Å². The van der Waals surface area contributed by atoms with Crippen molar-refractivity contribution in [3.05, 3.63) is 10.4 Å². The summed E-state index contributed by atoms with van der Waals surface area (Å²) in [4.78, 5) is 15.5. The molecule has 0 amide bonds. The summed E-state index contributed by atoms with van der Waals surface area (Å²) in [5.41, 5.74) is 0. The number of carbonyl (C=O) groups is 1. The maximum atomic E-state index is 11.9. The minimum atomic E-state index is -1.02. The molecule has 1 N–H and O–H groups in total. The molecule has 0 aromatic heterocycles. The Morgan fingerprint density at radius 1 is 1.44 bits per heavy atom. The molecule has 2 saturated heterocycles. The maximum absolute atomic E-state index is 11.9. The van der Waals surface area contributed by atoms with Crippen LogP contribution in [0.2, 0.25) is 0 Å². The van der Waals surface area contributed by atoms with Crippen molar-refractivity contribution in [1.29, 1.82) is 0 Å². The molecule has 0 aliphatic carbocycles. The van der Waals surface area contributed by atoms with Crippen LogP contribution in [-0.2, 0) is 9.63 Å². The van der Waals surface area contributed by atoms with E-state index < -0.39 is 10.8 Å². The van der Waals surface area contributed by atoms with Crippen LogP contribution in [0.15, 0.2) is 0 Å². The SMILES string of the molecule is O=C(O[N+]1([O-])CCN([O-])CC1)[C@@H]1CCCN1. The fourth-order valence-corrected chi connectivity index (χ4v) is 1.96. The molecule has 0 aromatic rings. The highest BCUT2D eigenvalue weighted by Gasteiger charge is 2.32. The molecule has 2 aliphatic rings. The summed E-state index contributed by atoms with van der Waals surface area (Å²) in [6.45, 7) is 1.06. The van der Waals surface area contributed by atoms with Gasteiger partial charge in [0.05, 0.1) is 0 Å². The van der Waals surface area contributed by atoms with Crippen molar-refractivity contribution in [3.63, 3.8) is 0 Å². The molecule has 0 unspecified atom stereocenters. The monoisotopic (exact) mass is 230 g/mol. The molecule has 1 atom stereocenters. The van der Waals surface area contributed by atoms with Crippen molar-refractivity contribution in [3.8, 4) is 0 Å². The molecule has 2 heterocycles. The minimum absolute atomic E-state index is 0.0158. The number of quaternary nitrogens is 1. The second-order valence-corrected chi connectivity index (χ2v) is 4.25. The molecule has 16 heavy (non-hydrogen) atoms. The zero-order valence-corrected chi connectivity index (χ0v) is 9.05. The standard InChI is InChI=1S/C9H16N3O4/c13-9(8-2-1-3-10-8)16-12(15)6-4-11(14)5-7-12/h8,10H,1-7H2/q-1/t8-/m0/s1. The van der Waals surface area contributed by atoms with Gasteiger partial charge in [-0.3, -0.25) is 4.84 Å². The van der Waals surface area contributed by atoms with Gasteiger partial charge in [-0.1, -0.05) is 0 Å². The lowest BCUT2D eigenvalue weighted by molar-refractivity contribution is -1.05. The summed E-state index contributed by atoms with van der Waals surface area (Å²) >= 11 is 0. The summed E-state index contributed by atoms with van der Waals surface area (Å²) < 4.78 is 0. The first-order chi connectivity index (χ1) is 7.59. The van der Waals surface area contributed by atoms with Crippen LogP contribution < -0.4 is 5.32 Å². The fourth-order valence-electron chi connectivity index (χ4n) is 1.96. The van der Waals surface area contributed by atoms with Crippen molar-refractivity contribution in [2.24, 2.45) is 0 Å². The first-order valence-electron chi connectivity index (χ1n) is 5.56. The van der Waals surface area contributed by atoms with Gasteiger partial charge in [-0.05, 0) is 19.4 Å². The zero-order valence-electron chi connectivity index (χ0n) is 9.05. The van der Waals surface area contributed by atoms with Crippen molar-refractivity contribution in [1.82, 2.24) is 10.4 Å². The summed E-state index contributed by atoms with van der Waals surface area (Å²) in [5.74, 6) is -0.494. The Balaban J connectivity index is 1.85. The van der Waals surface area contributed by atoms with Gasteiger partial charge in [0.1, 0.15) is 19.1 Å². The highest BCUT2D eigenvalue weighted by molar-refractivity contribution is 5.75. The highest BCUT2D eigenvalue weighted by Crippen LogP contribution is 2.15. The van der Waals surface area contributed by atoms with Crippen LogP contribution >= 0.6 is 0 Å². The van der Waals surface area contributed by atoms with Crippen LogP contribution in [0.3, 0.4) is 0 Å². The van der Waals surface area contributed by atoms with E-state index in [1.54, 1.807) is 0 Å². The van der Waals surface area contributed by atoms with Crippen LogP contribution in [0.25, 0.3) is 0 Å². The normalized spacial score (nSPS) is 30.2. The molecule has 92 valence electrons.